The number of carbonyl (C=O) groups is 4. The van der Waals surface area contributed by atoms with Crippen LogP contribution >= 0.6 is 22.9 Å². The van der Waals surface area contributed by atoms with E-state index in [0.717, 1.165) is 31.8 Å². The minimum Gasteiger partial charge on any atom is -0.504 e. The molecule has 330 valence electrons. The number of phenolic OH excluding ortho intramolecular Hbond substituents is 1. The summed E-state index contributed by atoms with van der Waals surface area (Å²) in [5.74, 6) is -4.46. The molecular weight excluding hydrogens is 862 g/mol. The molecule has 4 aromatic carbocycles. The van der Waals surface area contributed by atoms with Gasteiger partial charge in [0.25, 0.3) is 0 Å². The van der Waals surface area contributed by atoms with Gasteiger partial charge in [-0.2, -0.15) is 15.3 Å². The van der Waals surface area contributed by atoms with Gasteiger partial charge in [-0.1, -0.05) is 29.3 Å². The lowest BCUT2D eigenvalue weighted by Gasteiger charge is -2.49. The van der Waals surface area contributed by atoms with Crippen LogP contribution < -0.4 is 19.4 Å². The van der Waals surface area contributed by atoms with Crippen LogP contribution in [0, 0.1) is 36.0 Å². The number of allylic oxidation sites excluding steroid dienone is 2. The highest BCUT2D eigenvalue weighted by atomic mass is 35.5. The highest BCUT2D eigenvalue weighted by molar-refractivity contribution is 7.22. The first kappa shape index (κ1) is 42.3. The van der Waals surface area contributed by atoms with E-state index in [9.17, 15) is 14.7 Å². The van der Waals surface area contributed by atoms with Crippen LogP contribution in [0.25, 0.3) is 20.7 Å². The van der Waals surface area contributed by atoms with Crippen LogP contribution in [0.2, 0.25) is 5.02 Å². The Morgan fingerprint density at radius 2 is 1.60 bits per heavy atom. The molecule has 2 saturated heterocycles. The molecule has 6 aromatic rings. The molecule has 13 nitrogen and oxygen atoms in total. The van der Waals surface area contributed by atoms with Gasteiger partial charge in [-0.05, 0) is 135 Å². The summed E-state index contributed by atoms with van der Waals surface area (Å²) < 4.78 is 8.45. The average Bonchev–Trinajstić information content (AvgIpc) is 3.97. The van der Waals surface area contributed by atoms with Gasteiger partial charge in [0.05, 0.1) is 51.7 Å². The van der Waals surface area contributed by atoms with Crippen LogP contribution in [0.15, 0.2) is 113 Å². The smallest absolute Gasteiger partial charge is 0.242 e. The molecule has 1 saturated carbocycles. The molecule has 3 fully saturated rings. The number of aryl methyl sites for hydroxylation is 2. The lowest BCUT2D eigenvalue weighted by atomic mass is 9.51. The predicted molar refractivity (Wildman–Crippen MR) is 252 cm³/mol. The van der Waals surface area contributed by atoms with Gasteiger partial charge in [-0.15, -0.1) is 11.3 Å². The van der Waals surface area contributed by atoms with Gasteiger partial charge < -0.3 is 14.7 Å². The maximum atomic E-state index is 15.3. The summed E-state index contributed by atoms with van der Waals surface area (Å²) in [6.07, 6.45) is 2.47. The molecule has 4 amide bonds. The number of imide groups is 2. The van der Waals surface area contributed by atoms with E-state index in [4.69, 9.17) is 21.4 Å². The summed E-state index contributed by atoms with van der Waals surface area (Å²) in [6.45, 7) is 5.95. The first-order valence-electron chi connectivity index (χ1n) is 21.6. The van der Waals surface area contributed by atoms with E-state index >= 15 is 9.59 Å². The third kappa shape index (κ3) is 6.67. The minimum atomic E-state index is -1.31. The van der Waals surface area contributed by atoms with Crippen LogP contribution in [0.3, 0.4) is 0 Å². The quantitative estimate of drug-likeness (QED) is 0.0856. The number of phenols is 1. The third-order valence-corrected chi connectivity index (χ3v) is 15.4. The van der Waals surface area contributed by atoms with Crippen molar-refractivity contribution in [2.24, 2.45) is 46.4 Å². The lowest BCUT2D eigenvalue weighted by molar-refractivity contribution is -0.131. The SMILES string of the molecule is CCOc1cc([C@H]2C3=CC[C@@H]4C(=O)N(c5ccc(N=Nc6ccc(N(C)C)cc6)cc5)C(=O)[C@@H]4[C@@H]3C[C@H]3C(=O)N(c4cc(-c5sc6ccc(Cl)cc6c5C)nn4C)C(=O)[C@@]23C)ccc1O. The number of fused-ring (bicyclic) bond motifs is 5. The first-order valence-corrected chi connectivity index (χ1v) is 22.8. The summed E-state index contributed by atoms with van der Waals surface area (Å²) in [7, 11) is 5.65. The molecule has 10 rings (SSSR count). The zero-order chi connectivity index (χ0) is 45.6. The fourth-order valence-electron chi connectivity index (χ4n) is 10.7. The number of thiophene rings is 1. The summed E-state index contributed by atoms with van der Waals surface area (Å²) in [6, 6.07) is 27.1. The molecule has 2 aromatic heterocycles. The molecule has 0 spiro atoms. The number of aromatic nitrogens is 2. The normalized spacial score (nSPS) is 23.9. The molecule has 4 aliphatic rings. The topological polar surface area (TPSA) is 150 Å². The number of carbonyl (C=O) groups excluding carboxylic acids is 4. The van der Waals surface area contributed by atoms with Gasteiger partial charge in [0.2, 0.25) is 23.6 Å². The van der Waals surface area contributed by atoms with Gasteiger partial charge in [0.1, 0.15) is 11.5 Å². The largest absolute Gasteiger partial charge is 0.504 e. The van der Waals surface area contributed by atoms with Crippen LogP contribution in [-0.2, 0) is 26.2 Å². The standard InChI is InChI=1S/C50H46ClN7O6S/c1-7-64-40-22-27(8-20-39(40)59)44-33-18-19-34-43(48(62)57(46(34)60)32-16-12-30(13-17-32)53-52-29-10-14-31(15-11-29)55(4)5)36(33)24-37-47(61)58(49(63)50(37,44)3)42-25-38(54-56(42)6)45-26(2)35-23-28(51)9-21-41(35)65-45/h8-18,20-23,25,34,36-37,43-44,59H,7,19,24H2,1-6H3/t34-,36+,37-,43-,44-,50+/m0/s1. The van der Waals surface area contributed by atoms with E-state index < -0.39 is 46.8 Å². The summed E-state index contributed by atoms with van der Waals surface area (Å²) >= 11 is 7.92. The maximum Gasteiger partial charge on any atom is 0.242 e. The Hall–Kier alpha value is -6.64. The average molecular weight is 908 g/mol. The van der Waals surface area contributed by atoms with Crippen molar-refractivity contribution in [2.75, 3.05) is 35.4 Å². The van der Waals surface area contributed by atoms with Crippen molar-refractivity contribution in [1.29, 1.82) is 0 Å². The number of halogens is 1. The van der Waals surface area contributed by atoms with E-state index in [0.29, 0.717) is 39.2 Å². The Kier molecular flexibility index (Phi) is 10.3. The number of aromatic hydroxyl groups is 1. The van der Waals surface area contributed by atoms with Crippen molar-refractivity contribution >= 4 is 85.2 Å². The highest BCUT2D eigenvalue weighted by Gasteiger charge is 2.68. The first-order chi connectivity index (χ1) is 31.2. The van der Waals surface area contributed by atoms with Gasteiger partial charge in [-0.25, -0.2) is 4.90 Å². The van der Waals surface area contributed by atoms with Crippen LogP contribution in [0.1, 0.15) is 43.7 Å². The number of hydrogen-bond acceptors (Lipinski definition) is 11. The molecule has 1 N–H and O–H groups in total. The summed E-state index contributed by atoms with van der Waals surface area (Å²) in [4.78, 5) is 65.0. The Labute approximate surface area is 384 Å². The van der Waals surface area contributed by atoms with Crippen molar-refractivity contribution in [3.8, 4) is 22.1 Å². The van der Waals surface area contributed by atoms with Gasteiger partial charge in [-0.3, -0.25) is 28.8 Å². The maximum absolute atomic E-state index is 15.3. The van der Waals surface area contributed by atoms with Crippen molar-refractivity contribution in [3.05, 3.63) is 119 Å². The van der Waals surface area contributed by atoms with Crippen LogP contribution in [0.4, 0.5) is 28.6 Å². The molecule has 2 aliphatic heterocycles. The molecular formula is C50H46ClN7O6S. The Morgan fingerprint density at radius 1 is 0.892 bits per heavy atom. The van der Waals surface area contributed by atoms with E-state index in [1.807, 2.05) is 88.3 Å². The predicted octanol–water partition coefficient (Wildman–Crippen LogP) is 10.3. The molecule has 6 atom stereocenters. The second-order valence-corrected chi connectivity index (χ2v) is 19.2. The number of anilines is 3. The van der Waals surface area contributed by atoms with Gasteiger partial charge in [0, 0.05) is 48.5 Å². The number of ether oxygens (including phenoxy) is 1. The van der Waals surface area contributed by atoms with Crippen molar-refractivity contribution < 1.29 is 29.0 Å². The van der Waals surface area contributed by atoms with Crippen molar-refractivity contribution in [2.45, 2.75) is 39.5 Å². The third-order valence-electron chi connectivity index (χ3n) is 13.9. The highest BCUT2D eigenvalue weighted by Crippen LogP contribution is 2.64. The zero-order valence-corrected chi connectivity index (χ0v) is 38.2. The van der Waals surface area contributed by atoms with E-state index in [2.05, 4.69) is 10.2 Å². The molecule has 4 heterocycles. The monoisotopic (exact) mass is 907 g/mol. The minimum absolute atomic E-state index is 0.0580. The number of hydrogen-bond donors (Lipinski definition) is 1. The number of azo groups is 1. The van der Waals surface area contributed by atoms with Crippen molar-refractivity contribution in [1.82, 2.24) is 9.78 Å². The summed E-state index contributed by atoms with van der Waals surface area (Å²) in [5, 5.41) is 26.0. The summed E-state index contributed by atoms with van der Waals surface area (Å²) in [5.41, 5.74) is 4.48. The molecule has 0 bridgehead atoms. The number of nitrogens with zero attached hydrogens (tertiary/aromatic N) is 7. The van der Waals surface area contributed by atoms with E-state index in [1.54, 1.807) is 65.5 Å². The van der Waals surface area contributed by atoms with Crippen molar-refractivity contribution in [3.63, 3.8) is 0 Å². The molecule has 2 aliphatic carbocycles. The lowest BCUT2D eigenvalue weighted by Crippen LogP contribution is -2.49. The molecule has 65 heavy (non-hydrogen) atoms. The molecule has 0 unspecified atom stereocenters. The van der Waals surface area contributed by atoms with Crippen LogP contribution in [-0.4, -0.2) is 59.2 Å². The number of amides is 4. The van der Waals surface area contributed by atoms with Gasteiger partial charge in [0.15, 0.2) is 11.5 Å². The van der Waals surface area contributed by atoms with E-state index in [1.165, 1.54) is 15.9 Å². The van der Waals surface area contributed by atoms with Crippen LogP contribution in [0.5, 0.6) is 11.5 Å². The second-order valence-electron chi connectivity index (χ2n) is 17.7. The molecule has 0 radical (unpaired) electrons. The second kappa shape index (κ2) is 15.8. The fourth-order valence-corrected chi connectivity index (χ4v) is 12.0. The number of rotatable bonds is 9. The zero-order valence-electron chi connectivity index (χ0n) is 36.7. The Bertz CT molecular complexity index is 3030. The molecule has 15 heteroatoms. The number of benzene rings is 4. The Balaban J connectivity index is 1.00. The van der Waals surface area contributed by atoms with Gasteiger partial charge >= 0.3 is 0 Å². The van der Waals surface area contributed by atoms with E-state index in [-0.39, 0.29) is 42.8 Å². The fraction of sp³-hybridized carbons (Fsp3) is 0.300. The Morgan fingerprint density at radius 3 is 2.29 bits per heavy atom.